The van der Waals surface area contributed by atoms with Crippen LogP contribution in [0.15, 0.2) is 36.5 Å². The zero-order chi connectivity index (χ0) is 11.3. The number of carboxylic acid groups (broad SMARTS) is 1. The van der Waals surface area contributed by atoms with Crippen molar-refractivity contribution >= 4 is 5.97 Å². The van der Waals surface area contributed by atoms with Crippen molar-refractivity contribution in [2.24, 2.45) is 0 Å². The maximum atomic E-state index is 12.6. The Morgan fingerprint density at radius 3 is 2.60 bits per heavy atom. The number of rotatable bonds is 4. The van der Waals surface area contributed by atoms with Crippen molar-refractivity contribution in [2.45, 2.75) is 6.54 Å². The van der Waals surface area contributed by atoms with Crippen molar-refractivity contribution in [1.29, 1.82) is 0 Å². The molecule has 0 aliphatic heterocycles. The average Bonchev–Trinajstić information content (AvgIpc) is 2.19. The first-order valence-electron chi connectivity index (χ1n) is 4.44. The molecule has 0 unspecified atom stereocenters. The first-order valence-corrected chi connectivity index (χ1v) is 4.44. The van der Waals surface area contributed by atoms with Crippen LogP contribution in [0.4, 0.5) is 4.39 Å². The highest BCUT2D eigenvalue weighted by Gasteiger charge is 1.96. The molecule has 4 heteroatoms. The molecule has 1 aromatic carbocycles. The van der Waals surface area contributed by atoms with Crippen LogP contribution in [0.2, 0.25) is 0 Å². The van der Waals surface area contributed by atoms with Gasteiger partial charge in [0.1, 0.15) is 5.82 Å². The van der Waals surface area contributed by atoms with E-state index < -0.39 is 5.97 Å². The second-order valence-electron chi connectivity index (χ2n) is 3.20. The molecule has 0 fully saturated rings. The number of halogens is 1. The van der Waals surface area contributed by atoms with E-state index in [-0.39, 0.29) is 5.82 Å². The molecule has 1 aromatic rings. The summed E-state index contributed by atoms with van der Waals surface area (Å²) in [5, 5.41) is 8.40. The smallest absolute Gasteiger partial charge is 0.329 e. The first-order chi connectivity index (χ1) is 7.08. The van der Waals surface area contributed by atoms with Gasteiger partial charge in [-0.15, -0.1) is 0 Å². The Hall–Kier alpha value is -1.84. The van der Waals surface area contributed by atoms with Crippen LogP contribution in [0, 0.1) is 5.82 Å². The van der Waals surface area contributed by atoms with Gasteiger partial charge in [-0.05, 0) is 17.7 Å². The predicted octanol–water partition coefficient (Wildman–Crippen LogP) is 1.86. The molecule has 0 amide bonds. The second-order valence-corrected chi connectivity index (χ2v) is 3.20. The van der Waals surface area contributed by atoms with E-state index in [2.05, 4.69) is 0 Å². The molecular formula is C11H12FNO2. The summed E-state index contributed by atoms with van der Waals surface area (Å²) in [4.78, 5) is 11.9. The highest BCUT2D eigenvalue weighted by Crippen LogP contribution is 2.05. The molecule has 0 saturated heterocycles. The monoisotopic (exact) mass is 209 g/mol. The van der Waals surface area contributed by atoms with Gasteiger partial charge in [-0.1, -0.05) is 12.1 Å². The molecular weight excluding hydrogens is 197 g/mol. The summed E-state index contributed by atoms with van der Waals surface area (Å²) in [6, 6.07) is 6.09. The van der Waals surface area contributed by atoms with Gasteiger partial charge in [0.05, 0.1) is 0 Å². The van der Waals surface area contributed by atoms with Gasteiger partial charge in [0.15, 0.2) is 0 Å². The van der Waals surface area contributed by atoms with Crippen molar-refractivity contribution < 1.29 is 14.3 Å². The Morgan fingerprint density at radius 2 is 2.07 bits per heavy atom. The normalized spacial score (nSPS) is 10.5. The summed E-state index contributed by atoms with van der Waals surface area (Å²) < 4.78 is 12.6. The van der Waals surface area contributed by atoms with E-state index in [1.54, 1.807) is 24.1 Å². The van der Waals surface area contributed by atoms with E-state index in [0.717, 1.165) is 11.6 Å². The summed E-state index contributed by atoms with van der Waals surface area (Å²) in [6.07, 6.45) is 2.52. The molecule has 0 aliphatic rings. The largest absolute Gasteiger partial charge is 0.478 e. The lowest BCUT2D eigenvalue weighted by molar-refractivity contribution is -0.131. The number of hydrogen-bond donors (Lipinski definition) is 1. The summed E-state index contributed by atoms with van der Waals surface area (Å²) in [5.41, 5.74) is 0.925. The molecule has 0 heterocycles. The van der Waals surface area contributed by atoms with Crippen molar-refractivity contribution in [1.82, 2.24) is 4.90 Å². The topological polar surface area (TPSA) is 40.5 Å². The predicted molar refractivity (Wildman–Crippen MR) is 54.6 cm³/mol. The number of benzene rings is 1. The number of carbonyl (C=O) groups is 1. The van der Waals surface area contributed by atoms with Crippen molar-refractivity contribution in [3.63, 3.8) is 0 Å². The fourth-order valence-corrected chi connectivity index (χ4v) is 1.12. The van der Waals surface area contributed by atoms with E-state index >= 15 is 0 Å². The molecule has 15 heavy (non-hydrogen) atoms. The van der Waals surface area contributed by atoms with Crippen LogP contribution in [0.25, 0.3) is 0 Å². The van der Waals surface area contributed by atoms with E-state index in [1.807, 2.05) is 0 Å². The fourth-order valence-electron chi connectivity index (χ4n) is 1.12. The zero-order valence-electron chi connectivity index (χ0n) is 8.35. The third kappa shape index (κ3) is 4.26. The fraction of sp³-hybridized carbons (Fsp3) is 0.182. The first kappa shape index (κ1) is 11.2. The Bertz CT molecular complexity index is 359. The highest BCUT2D eigenvalue weighted by molar-refractivity contribution is 5.79. The van der Waals surface area contributed by atoms with Gasteiger partial charge < -0.3 is 10.0 Å². The summed E-state index contributed by atoms with van der Waals surface area (Å²) in [6.45, 7) is 0.546. The minimum Gasteiger partial charge on any atom is -0.478 e. The Morgan fingerprint density at radius 1 is 1.47 bits per heavy atom. The molecule has 0 radical (unpaired) electrons. The van der Waals surface area contributed by atoms with Crippen LogP contribution in [-0.4, -0.2) is 23.0 Å². The van der Waals surface area contributed by atoms with Crippen LogP contribution >= 0.6 is 0 Å². The number of carboxylic acids is 1. The Balaban J connectivity index is 2.54. The second kappa shape index (κ2) is 5.14. The maximum Gasteiger partial charge on any atom is 0.329 e. The quantitative estimate of drug-likeness (QED) is 0.769. The average molecular weight is 209 g/mol. The number of hydrogen-bond acceptors (Lipinski definition) is 2. The summed E-state index contributed by atoms with van der Waals surface area (Å²) in [5.74, 6) is -1.26. The molecule has 0 bridgehead atoms. The van der Waals surface area contributed by atoms with Crippen LogP contribution in [0.5, 0.6) is 0 Å². The highest BCUT2D eigenvalue weighted by atomic mass is 19.1. The van der Waals surface area contributed by atoms with Crippen molar-refractivity contribution in [3.05, 3.63) is 47.9 Å². The maximum absolute atomic E-state index is 12.6. The van der Waals surface area contributed by atoms with Crippen LogP contribution in [0.1, 0.15) is 5.56 Å². The van der Waals surface area contributed by atoms with Crippen molar-refractivity contribution in [3.8, 4) is 0 Å². The van der Waals surface area contributed by atoms with Gasteiger partial charge in [0.2, 0.25) is 0 Å². The van der Waals surface area contributed by atoms with Crippen LogP contribution in [0.3, 0.4) is 0 Å². The standard InChI is InChI=1S/C11H12FNO2/c1-13(7-6-11(14)15)8-9-2-4-10(12)5-3-9/h2-7H,8H2,1H3,(H,14,15). The Kier molecular flexibility index (Phi) is 3.85. The van der Waals surface area contributed by atoms with Crippen LogP contribution in [-0.2, 0) is 11.3 Å². The zero-order valence-corrected chi connectivity index (χ0v) is 8.35. The third-order valence-electron chi connectivity index (χ3n) is 1.82. The SMILES string of the molecule is CN(C=CC(=O)O)Cc1ccc(F)cc1. The summed E-state index contributed by atoms with van der Waals surface area (Å²) in [7, 11) is 1.75. The summed E-state index contributed by atoms with van der Waals surface area (Å²) >= 11 is 0. The molecule has 1 N–H and O–H groups in total. The molecule has 0 aliphatic carbocycles. The molecule has 0 spiro atoms. The molecule has 1 rings (SSSR count). The molecule has 3 nitrogen and oxygen atoms in total. The minimum absolute atomic E-state index is 0.275. The molecule has 0 saturated carbocycles. The van der Waals surface area contributed by atoms with E-state index in [0.29, 0.717) is 6.54 Å². The van der Waals surface area contributed by atoms with Crippen molar-refractivity contribution in [2.75, 3.05) is 7.05 Å². The lowest BCUT2D eigenvalue weighted by Gasteiger charge is -2.13. The Labute approximate surface area is 87.4 Å². The van der Waals surface area contributed by atoms with Gasteiger partial charge in [0, 0.05) is 25.9 Å². The van der Waals surface area contributed by atoms with Gasteiger partial charge in [0.25, 0.3) is 0 Å². The lowest BCUT2D eigenvalue weighted by atomic mass is 10.2. The van der Waals surface area contributed by atoms with E-state index in [1.165, 1.54) is 18.3 Å². The van der Waals surface area contributed by atoms with Gasteiger partial charge in [-0.3, -0.25) is 0 Å². The molecule has 0 aromatic heterocycles. The van der Waals surface area contributed by atoms with Crippen LogP contribution < -0.4 is 0 Å². The lowest BCUT2D eigenvalue weighted by Crippen LogP contribution is -2.10. The van der Waals surface area contributed by atoms with Gasteiger partial charge in [-0.2, -0.15) is 0 Å². The van der Waals surface area contributed by atoms with E-state index in [9.17, 15) is 9.18 Å². The molecule has 0 atom stereocenters. The van der Waals surface area contributed by atoms with E-state index in [4.69, 9.17) is 5.11 Å². The van der Waals surface area contributed by atoms with Gasteiger partial charge >= 0.3 is 5.97 Å². The molecule has 80 valence electrons. The van der Waals surface area contributed by atoms with Gasteiger partial charge in [-0.25, -0.2) is 9.18 Å². The number of nitrogens with zero attached hydrogens (tertiary/aromatic N) is 1. The number of aliphatic carboxylic acids is 1. The third-order valence-corrected chi connectivity index (χ3v) is 1.82. The minimum atomic E-state index is -0.985.